The maximum Gasteiger partial charge on any atom is 0.233 e. The highest BCUT2D eigenvalue weighted by atomic mass is 16.5. The zero-order chi connectivity index (χ0) is 15.5. The molecule has 0 radical (unpaired) electrons. The molecule has 2 aliphatic rings. The van der Waals surface area contributed by atoms with Crippen LogP contribution in [-0.2, 0) is 4.79 Å². The number of carbonyl (C=O) groups is 1. The summed E-state index contributed by atoms with van der Waals surface area (Å²) in [6, 6.07) is 0. The van der Waals surface area contributed by atoms with Crippen LogP contribution in [0.15, 0.2) is 4.52 Å². The zero-order valence-electron chi connectivity index (χ0n) is 13.8. The number of likely N-dealkylation sites (tertiary alicyclic amines) is 1. The Kier molecular flexibility index (Phi) is 4.79. The topological polar surface area (TPSA) is 59.2 Å². The van der Waals surface area contributed by atoms with E-state index < -0.39 is 0 Å². The van der Waals surface area contributed by atoms with Gasteiger partial charge in [0, 0.05) is 19.0 Å². The van der Waals surface area contributed by atoms with Crippen molar-refractivity contribution in [1.29, 1.82) is 0 Å². The molecule has 0 bridgehead atoms. The summed E-state index contributed by atoms with van der Waals surface area (Å²) in [5.41, 5.74) is 0. The molecule has 5 nitrogen and oxygen atoms in total. The highest BCUT2D eigenvalue weighted by Crippen LogP contribution is 2.35. The average Bonchev–Trinajstić information content (AvgIpc) is 2.90. The summed E-state index contributed by atoms with van der Waals surface area (Å²) in [5, 5.41) is 3.82. The van der Waals surface area contributed by atoms with Gasteiger partial charge in [0.25, 0.3) is 0 Å². The first-order valence-corrected chi connectivity index (χ1v) is 8.76. The van der Waals surface area contributed by atoms with Crippen molar-refractivity contribution >= 4 is 5.91 Å². The van der Waals surface area contributed by atoms with Crippen molar-refractivity contribution in [2.45, 2.75) is 64.7 Å². The van der Waals surface area contributed by atoms with E-state index in [1.165, 1.54) is 32.1 Å². The Bertz CT molecular complexity index is 500. The molecule has 1 saturated carbocycles. The minimum absolute atomic E-state index is 0.242. The number of rotatable bonds is 5. The van der Waals surface area contributed by atoms with Crippen LogP contribution in [0.5, 0.6) is 0 Å². The smallest absolute Gasteiger partial charge is 0.233 e. The molecule has 1 saturated heterocycles. The average molecular weight is 305 g/mol. The molecular formula is C17H27N3O2. The zero-order valence-corrected chi connectivity index (χ0v) is 13.8. The quantitative estimate of drug-likeness (QED) is 0.837. The van der Waals surface area contributed by atoms with Crippen molar-refractivity contribution in [1.82, 2.24) is 15.0 Å². The molecule has 0 atom stereocenters. The maximum atomic E-state index is 12.5. The van der Waals surface area contributed by atoms with Gasteiger partial charge >= 0.3 is 0 Å². The highest BCUT2D eigenvalue weighted by molar-refractivity contribution is 5.80. The Morgan fingerprint density at radius 1 is 1.27 bits per heavy atom. The van der Waals surface area contributed by atoms with Gasteiger partial charge in [-0.1, -0.05) is 31.3 Å². The molecule has 2 heterocycles. The number of unbranched alkanes of at least 4 members (excludes halogenated alkanes) is 1. The maximum absolute atomic E-state index is 12.5. The fraction of sp³-hybridized carbons (Fsp3) is 0.824. The summed E-state index contributed by atoms with van der Waals surface area (Å²) in [5.74, 6) is 3.06. The second-order valence-corrected chi connectivity index (χ2v) is 6.98. The Hall–Kier alpha value is -1.39. The Labute approximate surface area is 132 Å². The van der Waals surface area contributed by atoms with E-state index in [2.05, 4.69) is 17.1 Å². The number of aromatic nitrogens is 2. The van der Waals surface area contributed by atoms with E-state index in [9.17, 15) is 4.79 Å². The summed E-state index contributed by atoms with van der Waals surface area (Å²) < 4.78 is 5.19. The number of carbonyl (C=O) groups excluding carboxylic acids is 1. The number of nitrogens with zero attached hydrogens (tertiary/aromatic N) is 3. The lowest BCUT2D eigenvalue weighted by atomic mass is 9.78. The minimum atomic E-state index is 0.242. The molecule has 1 amide bonds. The lowest BCUT2D eigenvalue weighted by Crippen LogP contribution is -2.51. The van der Waals surface area contributed by atoms with Crippen LogP contribution < -0.4 is 0 Å². The molecule has 3 rings (SSSR count). The molecule has 22 heavy (non-hydrogen) atoms. The number of hydrogen-bond donors (Lipinski definition) is 0. The molecular weight excluding hydrogens is 278 g/mol. The minimum Gasteiger partial charge on any atom is -0.341 e. The van der Waals surface area contributed by atoms with Crippen LogP contribution in [0.1, 0.15) is 69.5 Å². The van der Waals surface area contributed by atoms with Crippen molar-refractivity contribution in [2.75, 3.05) is 13.1 Å². The molecule has 0 spiro atoms. The third-order valence-electron chi connectivity index (χ3n) is 5.25. The van der Waals surface area contributed by atoms with Crippen molar-refractivity contribution in [2.24, 2.45) is 11.8 Å². The molecule has 1 aromatic heterocycles. The number of aryl methyl sites for hydroxylation is 1. The molecule has 1 aliphatic carbocycles. The summed E-state index contributed by atoms with van der Waals surface area (Å²) in [7, 11) is 0. The van der Waals surface area contributed by atoms with Gasteiger partial charge in [-0.2, -0.15) is 4.98 Å². The lowest BCUT2D eigenvalue weighted by Gasteiger charge is -2.40. The summed E-state index contributed by atoms with van der Waals surface area (Å²) in [6.07, 6.45) is 8.58. The fourth-order valence-electron chi connectivity index (χ4n) is 3.74. The van der Waals surface area contributed by atoms with Crippen LogP contribution in [0.25, 0.3) is 0 Å². The van der Waals surface area contributed by atoms with Gasteiger partial charge < -0.3 is 9.42 Å². The molecule has 0 unspecified atom stereocenters. The van der Waals surface area contributed by atoms with E-state index >= 15 is 0 Å². The van der Waals surface area contributed by atoms with Crippen molar-refractivity contribution < 1.29 is 9.32 Å². The van der Waals surface area contributed by atoms with Crippen LogP contribution in [-0.4, -0.2) is 34.0 Å². The van der Waals surface area contributed by atoms with Crippen LogP contribution in [0.2, 0.25) is 0 Å². The molecule has 0 N–H and O–H groups in total. The Morgan fingerprint density at radius 3 is 2.59 bits per heavy atom. The van der Waals surface area contributed by atoms with Gasteiger partial charge in [-0.05, 0) is 38.5 Å². The van der Waals surface area contributed by atoms with Crippen LogP contribution in [0.4, 0.5) is 0 Å². The predicted octanol–water partition coefficient (Wildman–Crippen LogP) is 3.30. The SMILES string of the molecule is CCCCC1CCC(C(=O)N2CC(c3nc(C)no3)C2)CC1. The van der Waals surface area contributed by atoms with Crippen molar-refractivity contribution in [3.8, 4) is 0 Å². The molecule has 122 valence electrons. The standard InChI is InChI=1S/C17H27N3O2/c1-3-4-5-13-6-8-14(9-7-13)17(21)20-10-15(11-20)16-18-12(2)19-22-16/h13-15H,3-11H2,1-2H3. The molecule has 0 aromatic carbocycles. The molecule has 1 aliphatic heterocycles. The summed E-state index contributed by atoms with van der Waals surface area (Å²) in [6.45, 7) is 5.57. The van der Waals surface area contributed by atoms with Gasteiger partial charge in [0.2, 0.25) is 11.8 Å². The van der Waals surface area contributed by atoms with E-state index in [-0.39, 0.29) is 11.8 Å². The first kappa shape index (κ1) is 15.5. The first-order valence-electron chi connectivity index (χ1n) is 8.76. The van der Waals surface area contributed by atoms with E-state index in [1.54, 1.807) is 0 Å². The summed E-state index contributed by atoms with van der Waals surface area (Å²) >= 11 is 0. The molecule has 5 heteroatoms. The third-order valence-corrected chi connectivity index (χ3v) is 5.25. The highest BCUT2D eigenvalue weighted by Gasteiger charge is 2.38. The lowest BCUT2D eigenvalue weighted by molar-refractivity contribution is -0.141. The number of amides is 1. The van der Waals surface area contributed by atoms with Crippen molar-refractivity contribution in [3.05, 3.63) is 11.7 Å². The van der Waals surface area contributed by atoms with Crippen LogP contribution in [0, 0.1) is 18.8 Å². The van der Waals surface area contributed by atoms with Crippen LogP contribution >= 0.6 is 0 Å². The van der Waals surface area contributed by atoms with Gasteiger partial charge in [-0.15, -0.1) is 0 Å². The number of hydrogen-bond acceptors (Lipinski definition) is 4. The molecule has 2 fully saturated rings. The second-order valence-electron chi connectivity index (χ2n) is 6.98. The van der Waals surface area contributed by atoms with E-state index in [0.29, 0.717) is 17.6 Å². The van der Waals surface area contributed by atoms with Crippen LogP contribution in [0.3, 0.4) is 0 Å². The van der Waals surface area contributed by atoms with Gasteiger partial charge in [-0.25, -0.2) is 0 Å². The van der Waals surface area contributed by atoms with Gasteiger partial charge in [-0.3, -0.25) is 4.79 Å². The van der Waals surface area contributed by atoms with E-state index in [0.717, 1.165) is 31.8 Å². The van der Waals surface area contributed by atoms with Crippen molar-refractivity contribution in [3.63, 3.8) is 0 Å². The van der Waals surface area contributed by atoms with Gasteiger partial charge in [0.05, 0.1) is 5.92 Å². The van der Waals surface area contributed by atoms with E-state index in [4.69, 9.17) is 4.52 Å². The second kappa shape index (κ2) is 6.80. The Balaban J connectivity index is 1.42. The first-order chi connectivity index (χ1) is 10.7. The van der Waals surface area contributed by atoms with Gasteiger partial charge in [0.1, 0.15) is 0 Å². The Morgan fingerprint density at radius 2 is 2.00 bits per heavy atom. The third kappa shape index (κ3) is 3.33. The molecule has 1 aromatic rings. The largest absolute Gasteiger partial charge is 0.341 e. The predicted molar refractivity (Wildman–Crippen MR) is 83.3 cm³/mol. The summed E-state index contributed by atoms with van der Waals surface area (Å²) in [4.78, 5) is 18.8. The normalized spacial score (nSPS) is 26.0. The monoisotopic (exact) mass is 305 g/mol. The van der Waals surface area contributed by atoms with Gasteiger partial charge in [0.15, 0.2) is 5.82 Å². The fourth-order valence-corrected chi connectivity index (χ4v) is 3.74. The van der Waals surface area contributed by atoms with E-state index in [1.807, 2.05) is 11.8 Å².